The zero-order chi connectivity index (χ0) is 17.6. The minimum Gasteiger partial charge on any atom is -0.491 e. The van der Waals surface area contributed by atoms with Crippen molar-refractivity contribution >= 4 is 17.5 Å². The van der Waals surface area contributed by atoms with Gasteiger partial charge in [0, 0.05) is 13.1 Å². The van der Waals surface area contributed by atoms with Crippen LogP contribution in [0.1, 0.15) is 30.7 Å². The second-order valence-corrected chi connectivity index (χ2v) is 6.65. The molecule has 0 aliphatic carbocycles. The molecule has 3 nitrogen and oxygen atoms in total. The van der Waals surface area contributed by atoms with Crippen molar-refractivity contribution in [2.75, 3.05) is 19.7 Å². The second kappa shape index (κ2) is 8.34. The van der Waals surface area contributed by atoms with Gasteiger partial charge >= 0.3 is 0 Å². The summed E-state index contributed by atoms with van der Waals surface area (Å²) in [7, 11) is 0. The quantitative estimate of drug-likeness (QED) is 0.775. The minimum absolute atomic E-state index is 0.0877. The molecule has 0 unspecified atom stereocenters. The number of rotatable bonds is 5. The first-order valence-corrected chi connectivity index (χ1v) is 8.92. The minimum atomic E-state index is -0.408. The molecule has 1 amide bonds. The molecular formula is C20H21ClFNO2. The number of hydrogen-bond donors (Lipinski definition) is 0. The number of nitrogens with zero attached hydrogens (tertiary/aromatic N) is 1. The first-order valence-electron chi connectivity index (χ1n) is 8.54. The number of ether oxygens (including phenoxy) is 1. The lowest BCUT2D eigenvalue weighted by Gasteiger charge is -2.32. The van der Waals surface area contributed by atoms with Gasteiger partial charge in [0.15, 0.2) is 0 Å². The molecule has 1 saturated heterocycles. The van der Waals surface area contributed by atoms with Gasteiger partial charge in [-0.1, -0.05) is 41.9 Å². The van der Waals surface area contributed by atoms with Crippen molar-refractivity contribution in [2.45, 2.75) is 25.2 Å². The molecular weight excluding hydrogens is 341 g/mol. The predicted molar refractivity (Wildman–Crippen MR) is 96.5 cm³/mol. The molecule has 0 atom stereocenters. The maximum atomic E-state index is 13.0. The van der Waals surface area contributed by atoms with Gasteiger partial charge < -0.3 is 9.64 Å². The van der Waals surface area contributed by atoms with Crippen LogP contribution in [0.2, 0.25) is 5.02 Å². The van der Waals surface area contributed by atoms with E-state index in [1.807, 2.05) is 11.0 Å². The van der Waals surface area contributed by atoms with Gasteiger partial charge in [-0.3, -0.25) is 4.79 Å². The summed E-state index contributed by atoms with van der Waals surface area (Å²) in [4.78, 5) is 14.2. The lowest BCUT2D eigenvalue weighted by atomic mass is 9.89. The van der Waals surface area contributed by atoms with E-state index in [2.05, 4.69) is 24.3 Å². The van der Waals surface area contributed by atoms with Crippen LogP contribution in [0, 0.1) is 5.82 Å². The molecule has 132 valence electrons. The average Bonchev–Trinajstić information content (AvgIpc) is 2.64. The Morgan fingerprint density at radius 1 is 1.16 bits per heavy atom. The number of benzene rings is 2. The highest BCUT2D eigenvalue weighted by atomic mass is 35.5. The second-order valence-electron chi connectivity index (χ2n) is 6.24. The number of hydrogen-bond acceptors (Lipinski definition) is 2. The monoisotopic (exact) mass is 361 g/mol. The predicted octanol–water partition coefficient (Wildman–Crippen LogP) is 4.65. The zero-order valence-electron chi connectivity index (χ0n) is 14.0. The third-order valence-corrected chi connectivity index (χ3v) is 4.88. The molecule has 0 aromatic heterocycles. The standard InChI is InChI=1S/C20H21ClFNO2/c21-18-14-17(22)6-7-19(18)25-13-10-20(24)23-11-8-16(9-12-23)15-4-2-1-3-5-15/h1-7,14,16H,8-13H2. The van der Waals surface area contributed by atoms with Crippen LogP contribution in [0.3, 0.4) is 0 Å². The van der Waals surface area contributed by atoms with E-state index < -0.39 is 5.82 Å². The summed E-state index contributed by atoms with van der Waals surface area (Å²) in [5.74, 6) is 0.609. The summed E-state index contributed by atoms with van der Waals surface area (Å²) in [6.45, 7) is 1.79. The lowest BCUT2D eigenvalue weighted by molar-refractivity contribution is -0.132. The van der Waals surface area contributed by atoms with Crippen molar-refractivity contribution in [2.24, 2.45) is 0 Å². The molecule has 25 heavy (non-hydrogen) atoms. The number of amides is 1. The molecule has 1 fully saturated rings. The molecule has 0 radical (unpaired) electrons. The number of carbonyl (C=O) groups excluding carboxylic acids is 1. The van der Waals surface area contributed by atoms with E-state index in [0.29, 0.717) is 18.1 Å². The van der Waals surface area contributed by atoms with Crippen molar-refractivity contribution < 1.29 is 13.9 Å². The van der Waals surface area contributed by atoms with Crippen LogP contribution in [0.15, 0.2) is 48.5 Å². The summed E-state index contributed by atoms with van der Waals surface area (Å²) >= 11 is 5.91. The SMILES string of the molecule is O=C(CCOc1ccc(F)cc1Cl)N1CCC(c2ccccc2)CC1. The maximum absolute atomic E-state index is 13.0. The molecule has 2 aromatic rings. The Morgan fingerprint density at radius 3 is 2.56 bits per heavy atom. The fourth-order valence-electron chi connectivity index (χ4n) is 3.19. The van der Waals surface area contributed by atoms with Crippen LogP contribution in [-0.2, 0) is 4.79 Å². The number of carbonyl (C=O) groups is 1. The first-order chi connectivity index (χ1) is 12.1. The Kier molecular flexibility index (Phi) is 5.92. The molecule has 2 aromatic carbocycles. The number of halogens is 2. The highest BCUT2D eigenvalue weighted by Crippen LogP contribution is 2.28. The van der Waals surface area contributed by atoms with Crippen molar-refractivity contribution in [1.82, 2.24) is 4.90 Å². The van der Waals surface area contributed by atoms with Gasteiger partial charge in [0.2, 0.25) is 5.91 Å². The van der Waals surface area contributed by atoms with Crippen LogP contribution < -0.4 is 4.74 Å². The van der Waals surface area contributed by atoms with Gasteiger partial charge in [0.25, 0.3) is 0 Å². The molecule has 0 N–H and O–H groups in total. The Morgan fingerprint density at radius 2 is 1.88 bits per heavy atom. The summed E-state index contributed by atoms with van der Waals surface area (Å²) in [5, 5.41) is 0.219. The van der Waals surface area contributed by atoms with Crippen LogP contribution in [0.5, 0.6) is 5.75 Å². The molecule has 1 heterocycles. The van der Waals surface area contributed by atoms with Crippen molar-refractivity contribution in [3.63, 3.8) is 0 Å². The summed E-state index contributed by atoms with van der Waals surface area (Å²) in [6.07, 6.45) is 2.27. The third-order valence-electron chi connectivity index (χ3n) is 4.59. The smallest absolute Gasteiger partial charge is 0.225 e. The summed E-state index contributed by atoms with van der Waals surface area (Å²) in [5.41, 5.74) is 1.35. The Balaban J connectivity index is 1.43. The van der Waals surface area contributed by atoms with E-state index >= 15 is 0 Å². The van der Waals surface area contributed by atoms with Gasteiger partial charge in [0.05, 0.1) is 18.1 Å². The Bertz CT molecular complexity index is 715. The largest absolute Gasteiger partial charge is 0.491 e. The van der Waals surface area contributed by atoms with E-state index in [-0.39, 0.29) is 17.5 Å². The topological polar surface area (TPSA) is 29.5 Å². The van der Waals surface area contributed by atoms with E-state index in [1.165, 1.54) is 23.8 Å². The molecule has 0 saturated carbocycles. The number of likely N-dealkylation sites (tertiary alicyclic amines) is 1. The Hall–Kier alpha value is -2.07. The molecule has 5 heteroatoms. The molecule has 0 bridgehead atoms. The molecule has 0 spiro atoms. The van der Waals surface area contributed by atoms with Gasteiger partial charge in [-0.2, -0.15) is 0 Å². The highest BCUT2D eigenvalue weighted by Gasteiger charge is 2.23. The van der Waals surface area contributed by atoms with Crippen molar-refractivity contribution in [1.29, 1.82) is 0 Å². The average molecular weight is 362 g/mol. The van der Waals surface area contributed by atoms with Gasteiger partial charge in [0.1, 0.15) is 11.6 Å². The molecule has 1 aliphatic rings. The fraction of sp³-hybridized carbons (Fsp3) is 0.350. The molecule has 3 rings (SSSR count). The van der Waals surface area contributed by atoms with Gasteiger partial charge in [-0.05, 0) is 42.5 Å². The van der Waals surface area contributed by atoms with Crippen LogP contribution >= 0.6 is 11.6 Å². The number of piperidine rings is 1. The normalized spacial score (nSPS) is 15.2. The van der Waals surface area contributed by atoms with Gasteiger partial charge in [-0.15, -0.1) is 0 Å². The van der Waals surface area contributed by atoms with Crippen molar-refractivity contribution in [3.05, 3.63) is 64.9 Å². The first kappa shape index (κ1) is 17.7. The van der Waals surface area contributed by atoms with E-state index in [1.54, 1.807) is 0 Å². The maximum Gasteiger partial charge on any atom is 0.225 e. The van der Waals surface area contributed by atoms with Crippen molar-refractivity contribution in [3.8, 4) is 5.75 Å². The third kappa shape index (κ3) is 4.73. The summed E-state index contributed by atoms with van der Waals surface area (Å²) < 4.78 is 18.5. The molecule has 1 aliphatic heterocycles. The zero-order valence-corrected chi connectivity index (χ0v) is 14.7. The Labute approximate surface area is 152 Å². The summed E-state index contributed by atoms with van der Waals surface area (Å²) in [6, 6.07) is 14.4. The fourth-order valence-corrected chi connectivity index (χ4v) is 3.41. The highest BCUT2D eigenvalue weighted by molar-refractivity contribution is 6.32. The van der Waals surface area contributed by atoms with E-state index in [4.69, 9.17) is 16.3 Å². The van der Waals surface area contributed by atoms with E-state index in [0.717, 1.165) is 25.9 Å². The van der Waals surface area contributed by atoms with Crippen LogP contribution in [0.4, 0.5) is 4.39 Å². The van der Waals surface area contributed by atoms with Crippen LogP contribution in [0.25, 0.3) is 0 Å². The van der Waals surface area contributed by atoms with Crippen LogP contribution in [-0.4, -0.2) is 30.5 Å². The van der Waals surface area contributed by atoms with E-state index in [9.17, 15) is 9.18 Å². The van der Waals surface area contributed by atoms with Gasteiger partial charge in [-0.25, -0.2) is 4.39 Å². The lowest BCUT2D eigenvalue weighted by Crippen LogP contribution is -2.38.